The van der Waals surface area contributed by atoms with Gasteiger partial charge in [0.15, 0.2) is 0 Å². The van der Waals surface area contributed by atoms with Gasteiger partial charge in [0.05, 0.1) is 0 Å². The fourth-order valence-electron chi connectivity index (χ4n) is 2.69. The van der Waals surface area contributed by atoms with E-state index in [4.69, 9.17) is 0 Å². The topological polar surface area (TPSA) is 15.3 Å². The molecular formula is C16H22N2S2. The van der Waals surface area contributed by atoms with Crippen LogP contribution in [0.5, 0.6) is 0 Å². The van der Waals surface area contributed by atoms with E-state index in [0.717, 1.165) is 13.1 Å². The smallest absolute Gasteiger partial charge is 0.0351 e. The van der Waals surface area contributed by atoms with Gasteiger partial charge in [0.25, 0.3) is 0 Å². The third kappa shape index (κ3) is 3.92. The van der Waals surface area contributed by atoms with Crippen LogP contribution in [0.15, 0.2) is 29.0 Å². The molecule has 0 atom stereocenters. The Labute approximate surface area is 129 Å². The molecular weight excluding hydrogens is 284 g/mol. The molecule has 1 fully saturated rings. The number of nitrogens with one attached hydrogen (secondary N) is 1. The summed E-state index contributed by atoms with van der Waals surface area (Å²) in [5, 5.41) is 7.98. The van der Waals surface area contributed by atoms with Gasteiger partial charge in [0, 0.05) is 21.9 Å². The number of hydrogen-bond donors (Lipinski definition) is 1. The summed E-state index contributed by atoms with van der Waals surface area (Å²) in [7, 11) is 0. The Morgan fingerprint density at radius 1 is 1.20 bits per heavy atom. The Morgan fingerprint density at radius 3 is 2.90 bits per heavy atom. The van der Waals surface area contributed by atoms with Crippen LogP contribution in [0, 0.1) is 0 Å². The van der Waals surface area contributed by atoms with E-state index in [1.165, 1.54) is 54.2 Å². The van der Waals surface area contributed by atoms with Crippen LogP contribution in [-0.4, -0.2) is 31.1 Å². The third-order valence-electron chi connectivity index (χ3n) is 3.79. The van der Waals surface area contributed by atoms with Crippen molar-refractivity contribution in [2.24, 2.45) is 0 Å². The molecule has 108 valence electrons. The first kappa shape index (κ1) is 14.3. The highest BCUT2D eigenvalue weighted by atomic mass is 32.1. The molecule has 0 saturated carbocycles. The number of nitrogens with zero attached hydrogens (tertiary/aromatic N) is 1. The van der Waals surface area contributed by atoms with Gasteiger partial charge >= 0.3 is 0 Å². The van der Waals surface area contributed by atoms with Crippen LogP contribution in [0.1, 0.15) is 24.1 Å². The Kier molecular flexibility index (Phi) is 5.25. The minimum absolute atomic E-state index is 1.01. The lowest BCUT2D eigenvalue weighted by Gasteiger charge is -2.14. The van der Waals surface area contributed by atoms with Crippen LogP contribution in [-0.2, 0) is 6.54 Å². The van der Waals surface area contributed by atoms with E-state index in [9.17, 15) is 0 Å². The molecule has 2 aromatic rings. The molecule has 0 spiro atoms. The van der Waals surface area contributed by atoms with Crippen LogP contribution in [0.25, 0.3) is 10.4 Å². The van der Waals surface area contributed by atoms with Gasteiger partial charge in [-0.3, -0.25) is 0 Å². The number of likely N-dealkylation sites (tertiary alicyclic amines) is 1. The summed E-state index contributed by atoms with van der Waals surface area (Å²) >= 11 is 3.68. The van der Waals surface area contributed by atoms with Crippen molar-refractivity contribution in [3.8, 4) is 10.4 Å². The van der Waals surface area contributed by atoms with E-state index >= 15 is 0 Å². The zero-order valence-corrected chi connectivity index (χ0v) is 13.4. The van der Waals surface area contributed by atoms with E-state index < -0.39 is 0 Å². The fraction of sp³-hybridized carbons (Fsp3) is 0.500. The molecule has 0 amide bonds. The average Bonchev–Trinajstić information content (AvgIpc) is 3.21. The molecule has 0 bridgehead atoms. The second-order valence-corrected chi connectivity index (χ2v) is 7.30. The first-order valence-corrected chi connectivity index (χ1v) is 9.22. The monoisotopic (exact) mass is 306 g/mol. The molecule has 0 unspecified atom stereocenters. The van der Waals surface area contributed by atoms with Gasteiger partial charge in [0.1, 0.15) is 0 Å². The van der Waals surface area contributed by atoms with Crippen LogP contribution < -0.4 is 5.32 Å². The van der Waals surface area contributed by atoms with Crippen LogP contribution >= 0.6 is 22.7 Å². The van der Waals surface area contributed by atoms with Crippen molar-refractivity contribution >= 4 is 22.7 Å². The van der Waals surface area contributed by atoms with E-state index in [0.29, 0.717) is 0 Å². The van der Waals surface area contributed by atoms with Gasteiger partial charge in [-0.1, -0.05) is 6.07 Å². The SMILES string of the molecule is c1csc(-c2csc(CNCCCN3CCCC3)c2)c1. The molecule has 0 aromatic carbocycles. The van der Waals surface area contributed by atoms with Crippen molar-refractivity contribution in [3.63, 3.8) is 0 Å². The molecule has 1 N–H and O–H groups in total. The molecule has 0 aliphatic carbocycles. The maximum Gasteiger partial charge on any atom is 0.0351 e. The number of thiophene rings is 2. The third-order valence-corrected chi connectivity index (χ3v) is 5.64. The maximum absolute atomic E-state index is 3.57. The number of hydrogen-bond acceptors (Lipinski definition) is 4. The predicted octanol–water partition coefficient (Wildman–Crippen LogP) is 4.05. The zero-order chi connectivity index (χ0) is 13.6. The predicted molar refractivity (Wildman–Crippen MR) is 89.6 cm³/mol. The summed E-state index contributed by atoms with van der Waals surface area (Å²) in [6.45, 7) is 6.03. The minimum atomic E-state index is 1.01. The normalized spacial score (nSPS) is 16.0. The van der Waals surface area contributed by atoms with Crippen molar-refractivity contribution in [3.05, 3.63) is 33.8 Å². The Bertz CT molecular complexity index is 498. The lowest BCUT2D eigenvalue weighted by Crippen LogP contribution is -2.24. The van der Waals surface area contributed by atoms with Gasteiger partial charge in [0.2, 0.25) is 0 Å². The van der Waals surface area contributed by atoms with E-state index in [1.807, 2.05) is 22.7 Å². The second-order valence-electron chi connectivity index (χ2n) is 5.36. The van der Waals surface area contributed by atoms with Gasteiger partial charge in [-0.2, -0.15) is 0 Å². The molecule has 1 aliphatic rings. The standard InChI is InChI=1S/C16H22N2S2/c1-2-8-18(7-1)9-4-6-17-12-15-11-14(13-20-15)16-5-3-10-19-16/h3,5,10-11,13,17H,1-2,4,6-9,12H2. The molecule has 1 aliphatic heterocycles. The van der Waals surface area contributed by atoms with Gasteiger partial charge in [-0.15, -0.1) is 22.7 Å². The number of rotatable bonds is 7. The van der Waals surface area contributed by atoms with Gasteiger partial charge < -0.3 is 10.2 Å². The second kappa shape index (κ2) is 7.36. The van der Waals surface area contributed by atoms with Crippen molar-refractivity contribution in [1.82, 2.24) is 10.2 Å². The van der Waals surface area contributed by atoms with Gasteiger partial charge in [-0.05, 0) is 68.3 Å². The van der Waals surface area contributed by atoms with Crippen LogP contribution in [0.2, 0.25) is 0 Å². The molecule has 4 heteroatoms. The highest BCUT2D eigenvalue weighted by Gasteiger charge is 2.10. The highest BCUT2D eigenvalue weighted by molar-refractivity contribution is 7.14. The Hall–Kier alpha value is -0.680. The largest absolute Gasteiger partial charge is 0.312 e. The Balaban J connectivity index is 1.36. The van der Waals surface area contributed by atoms with Crippen molar-refractivity contribution < 1.29 is 0 Å². The minimum Gasteiger partial charge on any atom is -0.312 e. The van der Waals surface area contributed by atoms with E-state index in [-0.39, 0.29) is 0 Å². The van der Waals surface area contributed by atoms with Crippen molar-refractivity contribution in [2.45, 2.75) is 25.8 Å². The van der Waals surface area contributed by atoms with Crippen LogP contribution in [0.3, 0.4) is 0 Å². The summed E-state index contributed by atoms with van der Waals surface area (Å²) < 4.78 is 0. The summed E-state index contributed by atoms with van der Waals surface area (Å²) in [6.07, 6.45) is 4.06. The molecule has 3 rings (SSSR count). The molecule has 2 aromatic heterocycles. The zero-order valence-electron chi connectivity index (χ0n) is 11.8. The summed E-state index contributed by atoms with van der Waals surface area (Å²) in [5.41, 5.74) is 1.37. The van der Waals surface area contributed by atoms with Crippen LogP contribution in [0.4, 0.5) is 0 Å². The molecule has 20 heavy (non-hydrogen) atoms. The van der Waals surface area contributed by atoms with E-state index in [2.05, 4.69) is 39.2 Å². The highest BCUT2D eigenvalue weighted by Crippen LogP contribution is 2.29. The molecule has 2 nitrogen and oxygen atoms in total. The first-order valence-electron chi connectivity index (χ1n) is 7.46. The lowest BCUT2D eigenvalue weighted by molar-refractivity contribution is 0.331. The summed E-state index contributed by atoms with van der Waals surface area (Å²) in [6, 6.07) is 6.64. The summed E-state index contributed by atoms with van der Waals surface area (Å²) in [4.78, 5) is 5.40. The molecule has 1 saturated heterocycles. The van der Waals surface area contributed by atoms with Gasteiger partial charge in [-0.25, -0.2) is 0 Å². The van der Waals surface area contributed by atoms with E-state index in [1.54, 1.807) is 0 Å². The maximum atomic E-state index is 3.57. The summed E-state index contributed by atoms with van der Waals surface area (Å²) in [5.74, 6) is 0. The average molecular weight is 306 g/mol. The lowest BCUT2D eigenvalue weighted by atomic mass is 10.2. The Morgan fingerprint density at radius 2 is 2.10 bits per heavy atom. The molecule has 3 heterocycles. The fourth-order valence-corrected chi connectivity index (χ4v) is 4.33. The quantitative estimate of drug-likeness (QED) is 0.776. The first-order chi connectivity index (χ1) is 9.92. The molecule has 0 radical (unpaired) electrons. The van der Waals surface area contributed by atoms with Crippen molar-refractivity contribution in [2.75, 3.05) is 26.2 Å². The van der Waals surface area contributed by atoms with Crippen molar-refractivity contribution in [1.29, 1.82) is 0 Å².